The molecule has 1 atom stereocenters. The van der Waals surface area contributed by atoms with Gasteiger partial charge in [0.15, 0.2) is 5.13 Å². The monoisotopic (exact) mass is 440 g/mol. The van der Waals surface area contributed by atoms with Gasteiger partial charge >= 0.3 is 6.18 Å². The Morgan fingerprint density at radius 1 is 1.16 bits per heavy atom. The van der Waals surface area contributed by atoms with Crippen molar-refractivity contribution < 1.29 is 18.0 Å². The topological polar surface area (TPSA) is 70.7 Å². The fourth-order valence-electron chi connectivity index (χ4n) is 3.24. The molecule has 0 aliphatic rings. The Hall–Kier alpha value is -3.64. The van der Waals surface area contributed by atoms with Crippen molar-refractivity contribution in [2.75, 3.05) is 5.32 Å². The molecule has 0 radical (unpaired) electrons. The highest BCUT2D eigenvalue weighted by atomic mass is 32.1. The summed E-state index contributed by atoms with van der Waals surface area (Å²) in [5.74, 6) is -0.321. The van der Waals surface area contributed by atoms with E-state index >= 15 is 0 Å². The number of thiazole rings is 1. The molecule has 0 saturated heterocycles. The first-order valence-corrected chi connectivity index (χ1v) is 10.1. The molecule has 0 spiro atoms. The largest absolute Gasteiger partial charge is 0.416 e. The van der Waals surface area contributed by atoms with E-state index in [1.807, 2.05) is 0 Å². The molecule has 156 valence electrons. The zero-order valence-corrected chi connectivity index (χ0v) is 16.7. The average Bonchev–Trinajstić information content (AvgIpc) is 3.40. The molecule has 4 rings (SSSR count). The van der Waals surface area contributed by atoms with Gasteiger partial charge in [-0.3, -0.25) is 4.79 Å². The number of hydrogen-bond acceptors (Lipinski definition) is 4. The van der Waals surface area contributed by atoms with Crippen molar-refractivity contribution in [3.63, 3.8) is 0 Å². The number of hydrogen-bond donors (Lipinski definition) is 1. The van der Waals surface area contributed by atoms with Crippen LogP contribution in [0.15, 0.2) is 67.0 Å². The number of alkyl halides is 3. The number of nitrogens with one attached hydrogen (secondary N) is 1. The van der Waals surface area contributed by atoms with Gasteiger partial charge in [-0.2, -0.15) is 18.4 Å². The zero-order chi connectivity index (χ0) is 22.0. The zero-order valence-electron chi connectivity index (χ0n) is 15.9. The van der Waals surface area contributed by atoms with Crippen LogP contribution < -0.4 is 5.32 Å². The molecule has 31 heavy (non-hydrogen) atoms. The molecule has 0 aliphatic carbocycles. The number of fused-ring (bicyclic) bond motifs is 1. The fraction of sp³-hybridized carbons (Fsp3) is 0.136. The highest BCUT2D eigenvalue weighted by Gasteiger charge is 2.30. The molecule has 4 aromatic rings. The van der Waals surface area contributed by atoms with E-state index in [2.05, 4.69) is 16.4 Å². The SMILES string of the molecule is N#Cc1ccc2nc(NC(=O)CC(c3ccc(C(F)(F)F)cc3)n3cccc3)sc2c1. The van der Waals surface area contributed by atoms with Crippen LogP contribution in [0.2, 0.25) is 0 Å². The maximum absolute atomic E-state index is 12.9. The van der Waals surface area contributed by atoms with E-state index < -0.39 is 17.8 Å². The summed E-state index contributed by atoms with van der Waals surface area (Å²) < 4.78 is 41.2. The Labute approximate surface area is 179 Å². The maximum atomic E-state index is 12.9. The molecule has 0 saturated carbocycles. The van der Waals surface area contributed by atoms with Crippen molar-refractivity contribution in [2.45, 2.75) is 18.6 Å². The summed E-state index contributed by atoms with van der Waals surface area (Å²) in [6.45, 7) is 0. The second-order valence-electron chi connectivity index (χ2n) is 6.83. The number of anilines is 1. The number of carbonyl (C=O) groups is 1. The van der Waals surface area contributed by atoms with Gasteiger partial charge in [0, 0.05) is 12.4 Å². The maximum Gasteiger partial charge on any atom is 0.416 e. The number of halogens is 3. The molecule has 5 nitrogen and oxygen atoms in total. The number of nitriles is 1. The summed E-state index contributed by atoms with van der Waals surface area (Å²) >= 11 is 1.25. The third-order valence-corrected chi connectivity index (χ3v) is 5.69. The minimum absolute atomic E-state index is 0.0133. The molecule has 0 fully saturated rings. The van der Waals surface area contributed by atoms with Crippen molar-refractivity contribution in [3.8, 4) is 6.07 Å². The lowest BCUT2D eigenvalue weighted by atomic mass is 10.0. The first-order chi connectivity index (χ1) is 14.8. The predicted octanol–water partition coefficient (Wildman–Crippen LogP) is 5.61. The van der Waals surface area contributed by atoms with E-state index in [0.717, 1.165) is 16.8 Å². The van der Waals surface area contributed by atoms with E-state index in [4.69, 9.17) is 5.26 Å². The van der Waals surface area contributed by atoms with E-state index in [-0.39, 0.29) is 12.3 Å². The van der Waals surface area contributed by atoms with E-state index in [1.54, 1.807) is 47.3 Å². The van der Waals surface area contributed by atoms with Crippen LogP contribution >= 0.6 is 11.3 Å². The van der Waals surface area contributed by atoms with Gasteiger partial charge in [-0.1, -0.05) is 23.5 Å². The van der Waals surface area contributed by atoms with E-state index in [0.29, 0.717) is 21.8 Å². The van der Waals surface area contributed by atoms with Gasteiger partial charge in [0.1, 0.15) is 0 Å². The predicted molar refractivity (Wildman–Crippen MR) is 112 cm³/mol. The smallest absolute Gasteiger partial charge is 0.346 e. The first kappa shape index (κ1) is 20.6. The molecule has 2 aromatic carbocycles. The van der Waals surface area contributed by atoms with E-state index in [1.165, 1.54) is 23.5 Å². The van der Waals surface area contributed by atoms with Gasteiger partial charge in [0.25, 0.3) is 0 Å². The van der Waals surface area contributed by atoms with Gasteiger partial charge in [-0.25, -0.2) is 4.98 Å². The number of rotatable bonds is 5. The summed E-state index contributed by atoms with van der Waals surface area (Å²) in [5, 5.41) is 12.2. The Balaban J connectivity index is 1.55. The number of aromatic nitrogens is 2. The normalized spacial score (nSPS) is 12.5. The molecular weight excluding hydrogens is 425 g/mol. The van der Waals surface area contributed by atoms with Gasteiger partial charge in [0.05, 0.1) is 39.9 Å². The van der Waals surface area contributed by atoms with Crippen molar-refractivity contribution >= 4 is 32.6 Å². The summed E-state index contributed by atoms with van der Waals surface area (Å²) in [5.41, 5.74) is 1.02. The number of carbonyl (C=O) groups excluding carboxylic acids is 1. The minimum Gasteiger partial charge on any atom is -0.346 e. The molecule has 0 bridgehead atoms. The van der Waals surface area contributed by atoms with Crippen LogP contribution in [0.3, 0.4) is 0 Å². The Bertz CT molecular complexity index is 1250. The molecule has 1 N–H and O–H groups in total. The van der Waals surface area contributed by atoms with Crippen LogP contribution in [-0.4, -0.2) is 15.5 Å². The minimum atomic E-state index is -4.42. The lowest BCUT2D eigenvalue weighted by Gasteiger charge is -2.19. The van der Waals surface area contributed by atoms with Crippen LogP contribution in [0.4, 0.5) is 18.3 Å². The molecule has 2 heterocycles. The van der Waals surface area contributed by atoms with Crippen LogP contribution in [0, 0.1) is 11.3 Å². The summed E-state index contributed by atoms with van der Waals surface area (Å²) in [7, 11) is 0. The Kier molecular flexibility index (Phi) is 5.48. The van der Waals surface area contributed by atoms with Crippen molar-refractivity contribution in [1.82, 2.24) is 9.55 Å². The molecule has 1 amide bonds. The van der Waals surface area contributed by atoms with Crippen LogP contribution in [0.25, 0.3) is 10.2 Å². The molecule has 0 aliphatic heterocycles. The first-order valence-electron chi connectivity index (χ1n) is 9.23. The van der Waals surface area contributed by atoms with Crippen molar-refractivity contribution in [2.24, 2.45) is 0 Å². The number of benzene rings is 2. The molecule has 2 aromatic heterocycles. The molecule has 1 unspecified atom stereocenters. The van der Waals surface area contributed by atoms with Crippen molar-refractivity contribution in [1.29, 1.82) is 5.26 Å². The Morgan fingerprint density at radius 2 is 1.87 bits per heavy atom. The van der Waals surface area contributed by atoms with Crippen LogP contribution in [0.1, 0.15) is 29.2 Å². The van der Waals surface area contributed by atoms with E-state index in [9.17, 15) is 18.0 Å². The van der Waals surface area contributed by atoms with Gasteiger partial charge in [-0.05, 0) is 48.0 Å². The van der Waals surface area contributed by atoms with Gasteiger partial charge < -0.3 is 9.88 Å². The second-order valence-corrected chi connectivity index (χ2v) is 7.86. The third kappa shape index (κ3) is 4.59. The third-order valence-electron chi connectivity index (χ3n) is 4.75. The highest BCUT2D eigenvalue weighted by Crippen LogP contribution is 2.32. The lowest BCUT2D eigenvalue weighted by Crippen LogP contribution is -2.19. The lowest BCUT2D eigenvalue weighted by molar-refractivity contribution is -0.137. The van der Waals surface area contributed by atoms with Crippen molar-refractivity contribution in [3.05, 3.63) is 83.7 Å². The molecular formula is C22H15F3N4OS. The van der Waals surface area contributed by atoms with Gasteiger partial charge in [0.2, 0.25) is 5.91 Å². The average molecular weight is 440 g/mol. The standard InChI is InChI=1S/C22H15F3N4OS/c23-22(24,25)16-6-4-15(5-7-16)18(29-9-1-2-10-29)12-20(30)28-21-27-17-8-3-14(13-26)11-19(17)31-21/h1-11,18H,12H2,(H,27,28,30). The van der Waals surface area contributed by atoms with Crippen LogP contribution in [-0.2, 0) is 11.0 Å². The number of nitrogens with zero attached hydrogens (tertiary/aromatic N) is 3. The Morgan fingerprint density at radius 3 is 2.52 bits per heavy atom. The van der Waals surface area contributed by atoms with Gasteiger partial charge in [-0.15, -0.1) is 0 Å². The summed E-state index contributed by atoms with van der Waals surface area (Å²) in [6.07, 6.45) is -0.885. The fourth-order valence-corrected chi connectivity index (χ4v) is 4.16. The quantitative estimate of drug-likeness (QED) is 0.439. The second kappa shape index (κ2) is 8.24. The molecule has 9 heteroatoms. The summed E-state index contributed by atoms with van der Waals surface area (Å²) in [6, 6.07) is 15.0. The summed E-state index contributed by atoms with van der Waals surface area (Å²) in [4.78, 5) is 17.1. The van der Waals surface area contributed by atoms with Crippen LogP contribution in [0.5, 0.6) is 0 Å². The number of amides is 1. The highest BCUT2D eigenvalue weighted by molar-refractivity contribution is 7.22.